The van der Waals surface area contributed by atoms with Gasteiger partial charge in [-0.1, -0.05) is 12.1 Å². The van der Waals surface area contributed by atoms with Crippen molar-refractivity contribution in [2.75, 3.05) is 5.32 Å². The van der Waals surface area contributed by atoms with Crippen molar-refractivity contribution >= 4 is 38.6 Å². The van der Waals surface area contributed by atoms with Gasteiger partial charge < -0.3 is 5.32 Å². The summed E-state index contributed by atoms with van der Waals surface area (Å²) in [5, 5.41) is 11.2. The van der Waals surface area contributed by atoms with Crippen molar-refractivity contribution in [3.63, 3.8) is 0 Å². The smallest absolute Gasteiger partial charge is 0.324 e. The van der Waals surface area contributed by atoms with Crippen LogP contribution >= 0.6 is 15.9 Å². The number of anilines is 1. The Hall–Kier alpha value is -3.21. The lowest BCUT2D eigenvalue weighted by molar-refractivity contribution is -0.136. The Kier molecular flexibility index (Phi) is 5.67. The zero-order valence-electron chi connectivity index (χ0n) is 18.1. The molecule has 5 rings (SSSR count). The van der Waals surface area contributed by atoms with Gasteiger partial charge in [-0.2, -0.15) is 23.4 Å². The number of nitrogens with zero attached hydrogens (tertiary/aromatic N) is 5. The van der Waals surface area contributed by atoms with E-state index in [2.05, 4.69) is 36.4 Å². The summed E-state index contributed by atoms with van der Waals surface area (Å²) in [6.07, 6.45) is 0.629. The summed E-state index contributed by atoms with van der Waals surface area (Å²) in [5.41, 5.74) is 1.43. The number of hydrogen-bond acceptors (Lipinski definition) is 4. The Bertz CT molecular complexity index is 1390. The Morgan fingerprint density at radius 3 is 2.74 bits per heavy atom. The van der Waals surface area contributed by atoms with E-state index in [-0.39, 0.29) is 29.2 Å². The molecule has 34 heavy (non-hydrogen) atoms. The average Bonchev–Trinajstić information content (AvgIpc) is 3.47. The quantitative estimate of drug-likeness (QED) is 0.366. The van der Waals surface area contributed by atoms with E-state index in [4.69, 9.17) is 0 Å². The van der Waals surface area contributed by atoms with E-state index >= 15 is 0 Å². The molecular weight excluding hydrogens is 513 g/mol. The molecule has 0 unspecified atom stereocenters. The van der Waals surface area contributed by atoms with E-state index in [1.807, 2.05) is 24.4 Å². The molecule has 3 aromatic heterocycles. The molecule has 1 amide bonds. The molecule has 1 aliphatic rings. The van der Waals surface area contributed by atoms with Crippen LogP contribution in [0.5, 0.6) is 0 Å². The lowest BCUT2D eigenvalue weighted by atomic mass is 10.1. The first-order valence-electron chi connectivity index (χ1n) is 10.7. The number of pyridine rings is 1. The summed E-state index contributed by atoms with van der Waals surface area (Å²) in [7, 11) is 0. The van der Waals surface area contributed by atoms with Gasteiger partial charge in [0.2, 0.25) is 5.91 Å². The number of aromatic nitrogens is 5. The van der Waals surface area contributed by atoms with Gasteiger partial charge in [0, 0.05) is 23.5 Å². The van der Waals surface area contributed by atoms with Crippen molar-refractivity contribution in [2.24, 2.45) is 0 Å². The minimum absolute atomic E-state index is 0.0288. The molecule has 3 heterocycles. The van der Waals surface area contributed by atoms with Crippen molar-refractivity contribution in [3.8, 4) is 0 Å². The number of aryl methyl sites for hydroxylation is 1. The van der Waals surface area contributed by atoms with E-state index in [9.17, 15) is 18.0 Å². The third kappa shape index (κ3) is 4.70. The molecule has 0 atom stereocenters. The van der Waals surface area contributed by atoms with Gasteiger partial charge >= 0.3 is 6.18 Å². The number of rotatable bonds is 6. The average molecular weight is 533 g/mol. The molecule has 0 bridgehead atoms. The lowest BCUT2D eigenvalue weighted by Crippen LogP contribution is -2.20. The van der Waals surface area contributed by atoms with Gasteiger partial charge in [0.15, 0.2) is 5.65 Å². The number of hydrogen-bond donors (Lipinski definition) is 1. The number of fused-ring (bicyclic) bond motifs is 1. The topological polar surface area (TPSA) is 77.6 Å². The lowest BCUT2D eigenvalue weighted by Gasteiger charge is -2.11. The molecule has 176 valence electrons. The number of nitrogens with one attached hydrogen (secondary N) is 1. The summed E-state index contributed by atoms with van der Waals surface area (Å²) in [5.74, 6) is -0.378. The number of benzene rings is 1. The van der Waals surface area contributed by atoms with Crippen molar-refractivity contribution in [1.29, 1.82) is 0 Å². The highest BCUT2D eigenvalue weighted by molar-refractivity contribution is 9.10. The van der Waals surface area contributed by atoms with Crippen molar-refractivity contribution in [2.45, 2.75) is 44.9 Å². The molecule has 1 fully saturated rings. The van der Waals surface area contributed by atoms with Gasteiger partial charge in [0.05, 0.1) is 33.9 Å². The Morgan fingerprint density at radius 2 is 2.06 bits per heavy atom. The fraction of sp³-hybridized carbons (Fsp3) is 0.304. The first-order chi connectivity index (χ1) is 16.2. The molecule has 11 heteroatoms. The van der Waals surface area contributed by atoms with Crippen LogP contribution in [0, 0.1) is 6.92 Å². The second-order valence-corrected chi connectivity index (χ2v) is 9.33. The fourth-order valence-corrected chi connectivity index (χ4v) is 4.32. The van der Waals surface area contributed by atoms with Crippen LogP contribution in [0.1, 0.15) is 41.3 Å². The second-order valence-electron chi connectivity index (χ2n) is 8.41. The number of amides is 1. The van der Waals surface area contributed by atoms with Crippen LogP contribution in [0.25, 0.3) is 11.0 Å². The number of carbonyl (C=O) groups excluding carboxylic acids is 1. The summed E-state index contributed by atoms with van der Waals surface area (Å²) >= 11 is 3.36. The van der Waals surface area contributed by atoms with E-state index in [1.54, 1.807) is 16.9 Å². The summed E-state index contributed by atoms with van der Waals surface area (Å²) in [6, 6.07) is 8.43. The maximum absolute atomic E-state index is 13.8. The maximum atomic E-state index is 13.8. The van der Waals surface area contributed by atoms with Crippen LogP contribution in [0.3, 0.4) is 0 Å². The molecule has 0 aliphatic heterocycles. The van der Waals surface area contributed by atoms with E-state index in [0.717, 1.165) is 28.9 Å². The summed E-state index contributed by atoms with van der Waals surface area (Å²) in [4.78, 5) is 17.2. The minimum Gasteiger partial charge on any atom is -0.324 e. The number of carbonyl (C=O) groups is 1. The summed E-state index contributed by atoms with van der Waals surface area (Å²) < 4.78 is 45.2. The van der Waals surface area contributed by atoms with Crippen LogP contribution in [0.15, 0.2) is 47.2 Å². The predicted molar refractivity (Wildman–Crippen MR) is 123 cm³/mol. The molecule has 4 aromatic rings. The SMILES string of the molecule is Cc1nn(CC(=O)Nc2cccc(Cn3cc(Br)cn3)c2)c2nc(C3CC3)cc(C(F)(F)F)c12. The van der Waals surface area contributed by atoms with Crippen molar-refractivity contribution in [3.05, 3.63) is 69.7 Å². The van der Waals surface area contributed by atoms with E-state index < -0.39 is 17.6 Å². The van der Waals surface area contributed by atoms with Crippen LogP contribution in [-0.4, -0.2) is 30.5 Å². The Balaban J connectivity index is 1.39. The molecule has 1 aromatic carbocycles. The van der Waals surface area contributed by atoms with Crippen LogP contribution < -0.4 is 5.32 Å². The third-order valence-corrected chi connectivity index (χ3v) is 6.06. The van der Waals surface area contributed by atoms with Gasteiger partial charge in [-0.15, -0.1) is 0 Å². The summed E-state index contributed by atoms with van der Waals surface area (Å²) in [6.45, 7) is 1.77. The van der Waals surface area contributed by atoms with E-state index in [1.165, 1.54) is 11.6 Å². The molecule has 0 spiro atoms. The molecule has 0 radical (unpaired) electrons. The minimum atomic E-state index is -4.53. The number of halogens is 4. The monoisotopic (exact) mass is 532 g/mol. The van der Waals surface area contributed by atoms with Crippen LogP contribution in [0.2, 0.25) is 0 Å². The van der Waals surface area contributed by atoms with E-state index in [0.29, 0.717) is 17.9 Å². The number of alkyl halides is 3. The Labute approximate surface area is 201 Å². The molecule has 0 saturated heterocycles. The predicted octanol–water partition coefficient (Wildman–Crippen LogP) is 5.28. The van der Waals surface area contributed by atoms with Gasteiger partial charge in [-0.3, -0.25) is 9.48 Å². The maximum Gasteiger partial charge on any atom is 0.417 e. The molecular formula is C23H20BrF3N6O. The molecule has 1 aliphatic carbocycles. The Morgan fingerprint density at radius 1 is 1.26 bits per heavy atom. The van der Waals surface area contributed by atoms with Gasteiger partial charge in [0.25, 0.3) is 0 Å². The van der Waals surface area contributed by atoms with Gasteiger partial charge in [-0.05, 0) is 59.5 Å². The van der Waals surface area contributed by atoms with Gasteiger partial charge in [-0.25, -0.2) is 9.67 Å². The highest BCUT2D eigenvalue weighted by atomic mass is 79.9. The zero-order chi connectivity index (χ0) is 24.0. The zero-order valence-corrected chi connectivity index (χ0v) is 19.7. The third-order valence-electron chi connectivity index (χ3n) is 5.65. The first-order valence-corrected chi connectivity index (χ1v) is 11.5. The molecule has 1 N–H and O–H groups in total. The van der Waals surface area contributed by atoms with Gasteiger partial charge in [0.1, 0.15) is 6.54 Å². The largest absolute Gasteiger partial charge is 0.417 e. The van der Waals surface area contributed by atoms with Crippen LogP contribution in [0.4, 0.5) is 18.9 Å². The highest BCUT2D eigenvalue weighted by Gasteiger charge is 2.37. The molecule has 1 saturated carbocycles. The first kappa shape index (κ1) is 22.6. The fourth-order valence-electron chi connectivity index (χ4n) is 3.99. The normalized spacial score (nSPS) is 14.0. The highest BCUT2D eigenvalue weighted by Crippen LogP contribution is 2.43. The van der Waals surface area contributed by atoms with Crippen molar-refractivity contribution < 1.29 is 18.0 Å². The molecule has 7 nitrogen and oxygen atoms in total. The second kappa shape index (κ2) is 8.53. The van der Waals surface area contributed by atoms with Crippen molar-refractivity contribution in [1.82, 2.24) is 24.5 Å². The standard InChI is InChI=1S/C23H20BrF3N6O/c1-13-21-18(23(25,26)27)8-19(15-5-6-15)30-22(21)33(31-13)12-20(34)29-17-4-2-3-14(7-17)10-32-11-16(24)9-28-32/h2-4,7-9,11,15H,5-6,10,12H2,1H3,(H,29,34). The van der Waals surface area contributed by atoms with Crippen LogP contribution in [-0.2, 0) is 24.1 Å².